The highest BCUT2D eigenvalue weighted by atomic mass is 32.1. The third-order valence-electron chi connectivity index (χ3n) is 3.24. The van der Waals surface area contributed by atoms with E-state index >= 15 is 0 Å². The number of aromatic nitrogens is 2. The second-order valence-corrected chi connectivity index (χ2v) is 5.57. The molecular weight excluding hydrogens is 274 g/mol. The highest BCUT2D eigenvalue weighted by molar-refractivity contribution is 7.13. The minimum Gasteiger partial charge on any atom is -0.381 e. The molecule has 0 radical (unpaired) electrons. The summed E-state index contributed by atoms with van der Waals surface area (Å²) in [4.78, 5) is 20.4. The monoisotopic (exact) mass is 289 g/mol. The predicted molar refractivity (Wildman–Crippen MR) is 76.6 cm³/mol. The highest BCUT2D eigenvalue weighted by Crippen LogP contribution is 2.22. The van der Waals surface area contributed by atoms with Crippen LogP contribution in [0.5, 0.6) is 0 Å². The van der Waals surface area contributed by atoms with Crippen LogP contribution in [0.4, 0.5) is 0 Å². The number of ether oxygens (including phenoxy) is 1. The fourth-order valence-corrected chi connectivity index (χ4v) is 2.88. The zero-order valence-corrected chi connectivity index (χ0v) is 11.7. The van der Waals surface area contributed by atoms with E-state index in [9.17, 15) is 4.79 Å². The van der Waals surface area contributed by atoms with Crippen molar-refractivity contribution in [3.63, 3.8) is 0 Å². The number of rotatable bonds is 4. The standard InChI is InChI=1S/C14H15N3O2S/c18-13(16-7-10-3-6-19-8-10)12-9-20-14(17-12)11-1-4-15-5-2-11/h1-2,4-5,9-10H,3,6-8H2,(H,16,18). The van der Waals surface area contributed by atoms with E-state index in [2.05, 4.69) is 15.3 Å². The summed E-state index contributed by atoms with van der Waals surface area (Å²) in [6, 6.07) is 3.77. The Kier molecular flexibility index (Phi) is 4.03. The molecule has 1 unspecified atom stereocenters. The Hall–Kier alpha value is -1.79. The van der Waals surface area contributed by atoms with Gasteiger partial charge in [0.15, 0.2) is 0 Å². The van der Waals surface area contributed by atoms with Gasteiger partial charge in [-0.3, -0.25) is 9.78 Å². The maximum absolute atomic E-state index is 12.0. The first-order valence-electron chi connectivity index (χ1n) is 6.55. The number of nitrogens with one attached hydrogen (secondary N) is 1. The quantitative estimate of drug-likeness (QED) is 0.934. The molecular formula is C14H15N3O2S. The largest absolute Gasteiger partial charge is 0.381 e. The smallest absolute Gasteiger partial charge is 0.270 e. The van der Waals surface area contributed by atoms with E-state index in [-0.39, 0.29) is 5.91 Å². The van der Waals surface area contributed by atoms with Crippen LogP contribution in [0, 0.1) is 5.92 Å². The third-order valence-corrected chi connectivity index (χ3v) is 4.13. The number of amides is 1. The summed E-state index contributed by atoms with van der Waals surface area (Å²) in [6.07, 6.45) is 4.45. The molecule has 1 aliphatic heterocycles. The zero-order chi connectivity index (χ0) is 13.8. The van der Waals surface area contributed by atoms with Crippen LogP contribution in [-0.2, 0) is 4.74 Å². The average Bonchev–Trinajstić information content (AvgIpc) is 3.17. The highest BCUT2D eigenvalue weighted by Gasteiger charge is 2.18. The van der Waals surface area contributed by atoms with E-state index in [0.29, 0.717) is 18.2 Å². The predicted octanol–water partition coefficient (Wildman–Crippen LogP) is 1.97. The maximum Gasteiger partial charge on any atom is 0.270 e. The van der Waals surface area contributed by atoms with E-state index in [4.69, 9.17) is 4.74 Å². The van der Waals surface area contributed by atoms with Crippen LogP contribution >= 0.6 is 11.3 Å². The van der Waals surface area contributed by atoms with Crippen LogP contribution in [0.25, 0.3) is 10.6 Å². The van der Waals surface area contributed by atoms with Crippen molar-refractivity contribution in [3.8, 4) is 10.6 Å². The van der Waals surface area contributed by atoms with Crippen molar-refractivity contribution in [3.05, 3.63) is 35.6 Å². The number of nitrogens with zero attached hydrogens (tertiary/aromatic N) is 2. The fourth-order valence-electron chi connectivity index (χ4n) is 2.08. The van der Waals surface area contributed by atoms with Gasteiger partial charge in [0.05, 0.1) is 6.61 Å². The summed E-state index contributed by atoms with van der Waals surface area (Å²) in [5.74, 6) is 0.311. The molecule has 1 atom stereocenters. The van der Waals surface area contributed by atoms with Gasteiger partial charge in [-0.15, -0.1) is 11.3 Å². The Balaban J connectivity index is 1.62. The number of pyridine rings is 1. The summed E-state index contributed by atoms with van der Waals surface area (Å²) < 4.78 is 5.29. The van der Waals surface area contributed by atoms with Gasteiger partial charge in [0.25, 0.3) is 5.91 Å². The number of hydrogen-bond donors (Lipinski definition) is 1. The van der Waals surface area contributed by atoms with Crippen molar-refractivity contribution in [2.45, 2.75) is 6.42 Å². The lowest BCUT2D eigenvalue weighted by Crippen LogP contribution is -2.29. The van der Waals surface area contributed by atoms with Gasteiger partial charge in [-0.05, 0) is 18.6 Å². The Labute approximate surface area is 121 Å². The number of carbonyl (C=O) groups excluding carboxylic acids is 1. The lowest BCUT2D eigenvalue weighted by molar-refractivity contribution is 0.0941. The van der Waals surface area contributed by atoms with Gasteiger partial charge in [-0.2, -0.15) is 0 Å². The van der Waals surface area contributed by atoms with Crippen LogP contribution in [0.15, 0.2) is 29.9 Å². The Morgan fingerprint density at radius 1 is 1.45 bits per heavy atom. The van der Waals surface area contributed by atoms with E-state index < -0.39 is 0 Å². The number of hydrogen-bond acceptors (Lipinski definition) is 5. The van der Waals surface area contributed by atoms with Crippen molar-refractivity contribution >= 4 is 17.2 Å². The van der Waals surface area contributed by atoms with Gasteiger partial charge in [0, 0.05) is 42.4 Å². The molecule has 0 saturated carbocycles. The van der Waals surface area contributed by atoms with Crippen molar-refractivity contribution in [1.29, 1.82) is 0 Å². The van der Waals surface area contributed by atoms with Gasteiger partial charge < -0.3 is 10.1 Å². The first kappa shape index (κ1) is 13.2. The van der Waals surface area contributed by atoms with Crippen LogP contribution in [0.3, 0.4) is 0 Å². The molecule has 3 heterocycles. The van der Waals surface area contributed by atoms with Crippen molar-refractivity contribution in [1.82, 2.24) is 15.3 Å². The second-order valence-electron chi connectivity index (χ2n) is 4.71. The van der Waals surface area contributed by atoms with Crippen molar-refractivity contribution in [2.75, 3.05) is 19.8 Å². The van der Waals surface area contributed by atoms with E-state index in [1.165, 1.54) is 11.3 Å². The van der Waals surface area contributed by atoms with Gasteiger partial charge in [0.1, 0.15) is 10.7 Å². The van der Waals surface area contributed by atoms with Crippen LogP contribution < -0.4 is 5.32 Å². The summed E-state index contributed by atoms with van der Waals surface area (Å²) in [6.45, 7) is 2.18. The second kappa shape index (κ2) is 6.11. The molecule has 0 spiro atoms. The van der Waals surface area contributed by atoms with E-state index in [0.717, 1.165) is 30.2 Å². The molecule has 0 aliphatic carbocycles. The minimum atomic E-state index is -0.117. The maximum atomic E-state index is 12.0. The Morgan fingerprint density at radius 2 is 2.30 bits per heavy atom. The summed E-state index contributed by atoms with van der Waals surface area (Å²) in [5, 5.41) is 5.54. The molecule has 6 heteroatoms. The number of thiazole rings is 1. The van der Waals surface area contributed by atoms with Crippen LogP contribution in [0.2, 0.25) is 0 Å². The number of carbonyl (C=O) groups is 1. The molecule has 1 fully saturated rings. The SMILES string of the molecule is O=C(NCC1CCOC1)c1csc(-c2ccncc2)n1. The van der Waals surface area contributed by atoms with Gasteiger partial charge in [-0.1, -0.05) is 0 Å². The molecule has 2 aromatic heterocycles. The zero-order valence-electron chi connectivity index (χ0n) is 10.9. The van der Waals surface area contributed by atoms with Crippen molar-refractivity contribution in [2.24, 2.45) is 5.92 Å². The molecule has 0 aromatic carbocycles. The topological polar surface area (TPSA) is 64.1 Å². The molecule has 1 amide bonds. The molecule has 20 heavy (non-hydrogen) atoms. The lowest BCUT2D eigenvalue weighted by atomic mass is 10.1. The summed E-state index contributed by atoms with van der Waals surface area (Å²) >= 11 is 1.46. The first-order valence-corrected chi connectivity index (χ1v) is 7.43. The third kappa shape index (κ3) is 3.02. The summed E-state index contributed by atoms with van der Waals surface area (Å²) in [5.41, 5.74) is 1.45. The van der Waals surface area contributed by atoms with Gasteiger partial charge in [-0.25, -0.2) is 4.98 Å². The lowest BCUT2D eigenvalue weighted by Gasteiger charge is -2.07. The molecule has 5 nitrogen and oxygen atoms in total. The van der Waals surface area contributed by atoms with Gasteiger partial charge in [0.2, 0.25) is 0 Å². The fraction of sp³-hybridized carbons (Fsp3) is 0.357. The molecule has 3 rings (SSSR count). The Morgan fingerprint density at radius 3 is 3.05 bits per heavy atom. The van der Waals surface area contributed by atoms with E-state index in [1.54, 1.807) is 17.8 Å². The molecule has 2 aromatic rings. The Bertz CT molecular complexity index is 579. The minimum absolute atomic E-state index is 0.117. The summed E-state index contributed by atoms with van der Waals surface area (Å²) in [7, 11) is 0. The molecule has 1 N–H and O–H groups in total. The van der Waals surface area contributed by atoms with E-state index in [1.807, 2.05) is 12.1 Å². The van der Waals surface area contributed by atoms with Crippen molar-refractivity contribution < 1.29 is 9.53 Å². The van der Waals surface area contributed by atoms with Crippen LogP contribution in [-0.4, -0.2) is 35.6 Å². The molecule has 1 aliphatic rings. The van der Waals surface area contributed by atoms with Crippen LogP contribution in [0.1, 0.15) is 16.9 Å². The van der Waals surface area contributed by atoms with Gasteiger partial charge >= 0.3 is 0 Å². The average molecular weight is 289 g/mol. The normalized spacial score (nSPS) is 18.1. The molecule has 104 valence electrons. The first-order chi connectivity index (χ1) is 9.83. The molecule has 1 saturated heterocycles. The molecule has 0 bridgehead atoms.